The minimum absolute atomic E-state index is 0.0542. The summed E-state index contributed by atoms with van der Waals surface area (Å²) in [6.07, 6.45) is 0. The Bertz CT molecular complexity index is 855. The van der Waals surface area contributed by atoms with Crippen LogP contribution in [0, 0.1) is 0 Å². The van der Waals surface area contributed by atoms with Crippen LogP contribution in [0.5, 0.6) is 0 Å². The largest absolute Gasteiger partial charge is 0.334 e. The van der Waals surface area contributed by atoms with Gasteiger partial charge < -0.3 is 4.90 Å². The Kier molecular flexibility index (Phi) is 8.18. The number of nitrogens with one attached hydrogen (secondary N) is 1. The smallest absolute Gasteiger partial charge is 0.231 e. The van der Waals surface area contributed by atoms with Gasteiger partial charge in [0.05, 0.1) is 37.7 Å². The lowest BCUT2D eigenvalue weighted by Gasteiger charge is -2.24. The van der Waals surface area contributed by atoms with Crippen molar-refractivity contribution in [1.29, 1.82) is 0 Å². The number of nitrogens with zero attached hydrogens (tertiary/aromatic N) is 1. The van der Waals surface area contributed by atoms with Crippen molar-refractivity contribution in [3.63, 3.8) is 0 Å². The predicted molar refractivity (Wildman–Crippen MR) is 112 cm³/mol. The lowest BCUT2D eigenvalue weighted by molar-refractivity contribution is -0.895. The van der Waals surface area contributed by atoms with Crippen molar-refractivity contribution in [2.24, 2.45) is 0 Å². The first-order valence-electron chi connectivity index (χ1n) is 9.43. The summed E-state index contributed by atoms with van der Waals surface area (Å²) in [4.78, 5) is 1.15. The minimum atomic E-state index is -4.03. The van der Waals surface area contributed by atoms with E-state index in [0.717, 1.165) is 18.0 Å². The highest BCUT2D eigenvalue weighted by Crippen LogP contribution is 2.18. The van der Waals surface area contributed by atoms with Crippen LogP contribution in [0.1, 0.15) is 25.0 Å². The molecule has 154 valence electrons. The maximum absolute atomic E-state index is 13.1. The molecule has 2 aromatic carbocycles. The van der Waals surface area contributed by atoms with Crippen molar-refractivity contribution in [3.05, 3.63) is 71.8 Å². The Labute approximate surface area is 168 Å². The second-order valence-corrected chi connectivity index (χ2v) is 10.7. The average molecular weight is 426 g/mol. The molecule has 0 aliphatic heterocycles. The van der Waals surface area contributed by atoms with E-state index in [1.165, 1.54) is 0 Å². The van der Waals surface area contributed by atoms with Crippen molar-refractivity contribution in [2.75, 3.05) is 26.2 Å². The average Bonchev–Trinajstić information content (AvgIpc) is 2.65. The molecule has 2 rings (SSSR count). The quantitative estimate of drug-likeness (QED) is 0.588. The van der Waals surface area contributed by atoms with Gasteiger partial charge in [-0.25, -0.2) is 16.8 Å². The number of hydrogen-bond acceptors (Lipinski definition) is 4. The monoisotopic (exact) mass is 425 g/mol. The Morgan fingerprint density at radius 2 is 1.11 bits per heavy atom. The molecule has 0 saturated heterocycles. The van der Waals surface area contributed by atoms with Crippen LogP contribution in [-0.4, -0.2) is 46.7 Å². The Hall–Kier alpha value is -1.74. The highest BCUT2D eigenvalue weighted by molar-refractivity contribution is 8.03. The zero-order valence-corrected chi connectivity index (χ0v) is 18.0. The van der Waals surface area contributed by atoms with Crippen LogP contribution in [-0.2, 0) is 31.6 Å². The van der Waals surface area contributed by atoms with E-state index in [2.05, 4.69) is 0 Å². The summed E-state index contributed by atoms with van der Waals surface area (Å²) < 4.78 is 53.0. The van der Waals surface area contributed by atoms with Crippen LogP contribution in [0.3, 0.4) is 0 Å². The van der Waals surface area contributed by atoms with Gasteiger partial charge in [0.1, 0.15) is 0 Å². The molecule has 8 heteroatoms. The van der Waals surface area contributed by atoms with Crippen molar-refractivity contribution < 1.29 is 21.7 Å². The van der Waals surface area contributed by atoms with Crippen molar-refractivity contribution in [1.82, 2.24) is 3.71 Å². The van der Waals surface area contributed by atoms with E-state index in [0.29, 0.717) is 21.4 Å². The Morgan fingerprint density at radius 1 is 0.714 bits per heavy atom. The molecule has 0 fully saturated rings. The maximum atomic E-state index is 13.1. The van der Waals surface area contributed by atoms with E-state index in [1.807, 2.05) is 13.8 Å². The second-order valence-electron chi connectivity index (χ2n) is 6.69. The number of benzene rings is 2. The standard InChI is InChI=1S/C20H28N2O4S2/c1-3-21(4-2)15-16-22(27(23,24)17-19-11-7-5-8-12-19)28(25,26)18-20-13-9-6-10-14-20/h5-14H,3-4,15-18H2,1-2H3/p+1. The van der Waals surface area contributed by atoms with Crippen LogP contribution >= 0.6 is 0 Å². The highest BCUT2D eigenvalue weighted by Gasteiger charge is 2.34. The van der Waals surface area contributed by atoms with Crippen LogP contribution < -0.4 is 4.90 Å². The molecule has 0 saturated carbocycles. The van der Waals surface area contributed by atoms with Gasteiger partial charge in [0.25, 0.3) is 0 Å². The zero-order valence-electron chi connectivity index (χ0n) is 16.4. The van der Waals surface area contributed by atoms with E-state index in [1.54, 1.807) is 60.7 Å². The number of rotatable bonds is 11. The summed E-state index contributed by atoms with van der Waals surface area (Å²) in [6, 6.07) is 17.3. The fourth-order valence-electron chi connectivity index (χ4n) is 3.02. The number of quaternary nitrogens is 1. The van der Waals surface area contributed by atoms with Crippen LogP contribution in [0.4, 0.5) is 0 Å². The molecule has 0 atom stereocenters. The van der Waals surface area contributed by atoms with Crippen molar-refractivity contribution in [3.8, 4) is 0 Å². The molecule has 0 amide bonds. The van der Waals surface area contributed by atoms with Gasteiger partial charge in [0, 0.05) is 0 Å². The lowest BCUT2D eigenvalue weighted by Crippen LogP contribution is -3.12. The minimum Gasteiger partial charge on any atom is -0.334 e. The van der Waals surface area contributed by atoms with Gasteiger partial charge in [-0.05, 0) is 25.0 Å². The highest BCUT2D eigenvalue weighted by atomic mass is 32.3. The maximum Gasteiger partial charge on any atom is 0.231 e. The molecule has 0 spiro atoms. The number of hydrogen-bond donors (Lipinski definition) is 1. The van der Waals surface area contributed by atoms with Crippen molar-refractivity contribution in [2.45, 2.75) is 25.4 Å². The van der Waals surface area contributed by atoms with Gasteiger partial charge in [0.2, 0.25) is 20.0 Å². The molecule has 2 aromatic rings. The van der Waals surface area contributed by atoms with E-state index in [4.69, 9.17) is 0 Å². The summed E-state index contributed by atoms with van der Waals surface area (Å²) in [5.41, 5.74) is 1.13. The summed E-state index contributed by atoms with van der Waals surface area (Å²) in [5, 5.41) is 0. The topological polar surface area (TPSA) is 76.0 Å². The molecule has 0 radical (unpaired) electrons. The van der Waals surface area contributed by atoms with Gasteiger partial charge in [0.15, 0.2) is 0 Å². The molecule has 0 aliphatic carbocycles. The van der Waals surface area contributed by atoms with E-state index in [9.17, 15) is 16.8 Å². The Balaban J connectivity index is 2.32. The third-order valence-corrected chi connectivity index (χ3v) is 9.02. The second kappa shape index (κ2) is 10.2. The van der Waals surface area contributed by atoms with Gasteiger partial charge in [-0.1, -0.05) is 64.4 Å². The summed E-state index contributed by atoms with van der Waals surface area (Å²) in [6.45, 7) is 6.00. The van der Waals surface area contributed by atoms with Gasteiger partial charge >= 0.3 is 0 Å². The zero-order chi connectivity index (χ0) is 20.6. The van der Waals surface area contributed by atoms with E-state index in [-0.39, 0.29) is 18.1 Å². The molecule has 0 heterocycles. The summed E-state index contributed by atoms with van der Waals surface area (Å²) in [5.74, 6) is -0.676. The third-order valence-electron chi connectivity index (χ3n) is 4.65. The van der Waals surface area contributed by atoms with Gasteiger partial charge in [-0.15, -0.1) is 0 Å². The van der Waals surface area contributed by atoms with Gasteiger partial charge in [-0.2, -0.15) is 0 Å². The third kappa shape index (κ3) is 6.41. The van der Waals surface area contributed by atoms with Crippen LogP contribution in [0.15, 0.2) is 60.7 Å². The van der Waals surface area contributed by atoms with Crippen LogP contribution in [0.25, 0.3) is 0 Å². The molecule has 1 N–H and O–H groups in total. The first-order valence-corrected chi connectivity index (χ1v) is 12.6. The Morgan fingerprint density at radius 3 is 1.46 bits per heavy atom. The summed E-state index contributed by atoms with van der Waals surface area (Å²) in [7, 11) is -8.07. The SMILES string of the molecule is CC[NH+](CC)CCN(S(=O)(=O)Cc1ccccc1)S(=O)(=O)Cc1ccccc1. The fraction of sp³-hybridized carbons (Fsp3) is 0.400. The number of sulfonamides is 2. The lowest BCUT2D eigenvalue weighted by atomic mass is 10.2. The normalized spacial score (nSPS) is 12.6. The molecule has 0 aliphatic rings. The van der Waals surface area contributed by atoms with Gasteiger partial charge in [-0.3, -0.25) is 0 Å². The predicted octanol–water partition coefficient (Wildman–Crippen LogP) is 1.27. The van der Waals surface area contributed by atoms with E-state index >= 15 is 0 Å². The molecular weight excluding hydrogens is 396 g/mol. The molecule has 0 unspecified atom stereocenters. The van der Waals surface area contributed by atoms with Crippen LogP contribution in [0.2, 0.25) is 0 Å². The molecule has 28 heavy (non-hydrogen) atoms. The molecular formula is C20H29N2O4S2+. The molecule has 0 bridgehead atoms. The fourth-order valence-corrected chi connectivity index (χ4v) is 6.97. The first-order chi connectivity index (χ1) is 13.3. The molecule has 6 nitrogen and oxygen atoms in total. The van der Waals surface area contributed by atoms with Crippen molar-refractivity contribution >= 4 is 20.0 Å². The first kappa shape index (κ1) is 22.5. The van der Waals surface area contributed by atoms with E-state index < -0.39 is 20.0 Å². The molecule has 0 aromatic heterocycles. The number of likely N-dealkylation sites (N-methyl/N-ethyl adjacent to an activating group) is 1. The summed E-state index contributed by atoms with van der Waals surface area (Å²) >= 11 is 0.